The van der Waals surface area contributed by atoms with Gasteiger partial charge >= 0.3 is 6.09 Å². The van der Waals surface area contributed by atoms with E-state index in [-0.39, 0.29) is 12.0 Å². The van der Waals surface area contributed by atoms with Crippen LogP contribution in [-0.2, 0) is 20.4 Å². The Labute approximate surface area is 194 Å². The van der Waals surface area contributed by atoms with Crippen LogP contribution in [0.2, 0.25) is 0 Å². The van der Waals surface area contributed by atoms with E-state index in [9.17, 15) is 9.59 Å². The van der Waals surface area contributed by atoms with E-state index in [1.54, 1.807) is 4.90 Å². The zero-order valence-electron chi connectivity index (χ0n) is 18.4. The molecule has 1 fully saturated rings. The maximum Gasteiger partial charge on any atom is 0.410 e. The first-order valence-corrected chi connectivity index (χ1v) is 12.4. The largest absolute Gasteiger partial charge is 0.444 e. The highest BCUT2D eigenvalue weighted by molar-refractivity contribution is 14.1. The van der Waals surface area contributed by atoms with Gasteiger partial charge in [-0.25, -0.2) is 4.79 Å². The molecule has 0 radical (unpaired) electrons. The summed E-state index contributed by atoms with van der Waals surface area (Å²) in [5.41, 5.74) is 4.54. The molecule has 0 unspecified atom stereocenters. The fourth-order valence-electron chi connectivity index (χ4n) is 4.02. The molecule has 164 valence electrons. The monoisotopic (exact) mass is 524 g/mol. The topological polar surface area (TPSA) is 49.9 Å². The molecule has 0 aromatic heterocycles. The minimum atomic E-state index is -0.481. The van der Waals surface area contributed by atoms with Crippen molar-refractivity contribution in [3.8, 4) is 0 Å². The number of nitrogens with zero attached hydrogens (tertiary/aromatic N) is 2. The van der Waals surface area contributed by atoms with Crippen LogP contribution >= 0.6 is 22.6 Å². The first-order chi connectivity index (χ1) is 14.3. The lowest BCUT2D eigenvalue weighted by atomic mass is 9.91. The Bertz CT molecular complexity index is 807. The number of carbonyl (C=O) groups is 2. The summed E-state index contributed by atoms with van der Waals surface area (Å²) in [6, 6.07) is 6.62. The molecule has 6 heteroatoms. The van der Waals surface area contributed by atoms with Crippen molar-refractivity contribution >= 4 is 40.2 Å². The molecule has 0 atom stereocenters. The van der Waals surface area contributed by atoms with Gasteiger partial charge in [0.1, 0.15) is 5.60 Å². The Kier molecular flexibility index (Phi) is 7.82. The number of alkyl halides is 1. The summed E-state index contributed by atoms with van der Waals surface area (Å²) >= 11 is 2.38. The lowest BCUT2D eigenvalue weighted by Gasteiger charge is -2.30. The molecule has 0 bridgehead atoms. The first-order valence-electron chi connectivity index (χ1n) is 10.9. The van der Waals surface area contributed by atoms with Crippen molar-refractivity contribution in [2.45, 2.75) is 62.9 Å². The molecule has 2 aliphatic rings. The molecule has 30 heavy (non-hydrogen) atoms. The van der Waals surface area contributed by atoms with Gasteiger partial charge in [0.25, 0.3) is 0 Å². The molecular weight excluding hydrogens is 491 g/mol. The third-order valence-electron chi connectivity index (χ3n) is 5.60. The van der Waals surface area contributed by atoms with Crippen molar-refractivity contribution in [1.29, 1.82) is 0 Å². The number of ether oxygens (including phenoxy) is 1. The average molecular weight is 524 g/mol. The van der Waals surface area contributed by atoms with E-state index < -0.39 is 5.60 Å². The molecule has 1 aromatic carbocycles. The summed E-state index contributed by atoms with van der Waals surface area (Å²) in [5.74, 6) is 0.270. The van der Waals surface area contributed by atoms with E-state index in [4.69, 9.17) is 4.74 Å². The van der Waals surface area contributed by atoms with Crippen LogP contribution in [0.1, 0.15) is 63.1 Å². The molecule has 3 rings (SSSR count). The molecule has 1 saturated heterocycles. The van der Waals surface area contributed by atoms with Crippen LogP contribution in [0.4, 0.5) is 4.79 Å². The van der Waals surface area contributed by atoms with Gasteiger partial charge in [-0.15, -0.1) is 0 Å². The van der Waals surface area contributed by atoms with Gasteiger partial charge in [0.05, 0.1) is 0 Å². The van der Waals surface area contributed by atoms with E-state index >= 15 is 0 Å². The highest BCUT2D eigenvalue weighted by Crippen LogP contribution is 2.29. The van der Waals surface area contributed by atoms with Crippen LogP contribution in [0, 0.1) is 0 Å². The van der Waals surface area contributed by atoms with Gasteiger partial charge in [-0.1, -0.05) is 46.9 Å². The summed E-state index contributed by atoms with van der Waals surface area (Å²) in [4.78, 5) is 28.6. The smallest absolute Gasteiger partial charge is 0.410 e. The Morgan fingerprint density at radius 3 is 2.43 bits per heavy atom. The fraction of sp³-hybridized carbons (Fsp3) is 0.583. The second-order valence-electron chi connectivity index (χ2n) is 9.12. The predicted molar refractivity (Wildman–Crippen MR) is 129 cm³/mol. The number of carbonyl (C=O) groups excluding carboxylic acids is 2. The van der Waals surface area contributed by atoms with Crippen LogP contribution in [0.3, 0.4) is 0 Å². The van der Waals surface area contributed by atoms with Crippen molar-refractivity contribution in [1.82, 2.24) is 9.80 Å². The molecule has 1 aromatic rings. The zero-order chi connectivity index (χ0) is 21.7. The number of halogens is 1. The Morgan fingerprint density at radius 1 is 1.10 bits per heavy atom. The normalized spacial score (nSPS) is 17.1. The van der Waals surface area contributed by atoms with E-state index in [1.807, 2.05) is 25.7 Å². The number of hydrogen-bond donors (Lipinski definition) is 0. The number of benzene rings is 1. The second kappa shape index (κ2) is 10.2. The van der Waals surface area contributed by atoms with Crippen LogP contribution in [0.25, 0.3) is 5.57 Å². The minimum absolute atomic E-state index is 0.255. The van der Waals surface area contributed by atoms with Crippen LogP contribution in [0.15, 0.2) is 24.3 Å². The average Bonchev–Trinajstić information content (AvgIpc) is 3.25. The van der Waals surface area contributed by atoms with E-state index in [1.165, 1.54) is 22.3 Å². The Morgan fingerprint density at radius 2 is 1.83 bits per heavy atom. The molecule has 2 aliphatic heterocycles. The molecule has 0 spiro atoms. The van der Waals surface area contributed by atoms with Gasteiger partial charge < -0.3 is 14.5 Å². The highest BCUT2D eigenvalue weighted by Gasteiger charge is 2.25. The van der Waals surface area contributed by atoms with Crippen LogP contribution in [0.5, 0.6) is 0 Å². The summed E-state index contributed by atoms with van der Waals surface area (Å²) in [6.07, 6.45) is 6.27. The van der Waals surface area contributed by atoms with E-state index in [0.29, 0.717) is 19.5 Å². The maximum atomic E-state index is 12.5. The van der Waals surface area contributed by atoms with Crippen molar-refractivity contribution < 1.29 is 14.3 Å². The van der Waals surface area contributed by atoms with E-state index in [0.717, 1.165) is 43.2 Å². The second-order valence-corrected chi connectivity index (χ2v) is 9.88. The highest BCUT2D eigenvalue weighted by atomic mass is 127. The Hall–Kier alpha value is -1.57. The standard InChI is InChI=1S/C24H33IN2O3/c1-24(2,3)30-23(29)27-14-10-19(11-15-27)21-8-6-18(17-25)16-20(21)7-9-22(28)26-12-4-5-13-26/h6,8,10,16H,4-5,7,9,11-15,17H2,1-3H3. The van der Waals surface area contributed by atoms with Crippen molar-refractivity contribution in [2.75, 3.05) is 26.2 Å². The summed E-state index contributed by atoms with van der Waals surface area (Å²) in [5, 5.41) is 0. The number of hydrogen-bond acceptors (Lipinski definition) is 3. The summed E-state index contributed by atoms with van der Waals surface area (Å²) in [7, 11) is 0. The van der Waals surface area contributed by atoms with Crippen LogP contribution in [-0.4, -0.2) is 53.6 Å². The first kappa shape index (κ1) is 23.1. The van der Waals surface area contributed by atoms with Crippen molar-refractivity contribution in [3.05, 3.63) is 41.0 Å². The molecular formula is C24H33IN2O3. The quantitative estimate of drug-likeness (QED) is 0.393. The molecule has 2 heterocycles. The fourth-order valence-corrected chi connectivity index (χ4v) is 4.50. The number of aryl methyl sites for hydroxylation is 1. The number of rotatable bonds is 5. The zero-order valence-corrected chi connectivity index (χ0v) is 20.5. The molecule has 0 saturated carbocycles. The summed E-state index contributed by atoms with van der Waals surface area (Å²) < 4.78 is 6.46. The molecule has 5 nitrogen and oxygen atoms in total. The summed E-state index contributed by atoms with van der Waals surface area (Å²) in [6.45, 7) is 8.70. The van der Waals surface area contributed by atoms with Gasteiger partial charge in [0.15, 0.2) is 0 Å². The number of amides is 2. The molecule has 2 amide bonds. The third-order valence-corrected chi connectivity index (χ3v) is 6.48. The Balaban J connectivity index is 1.70. The van der Waals surface area contributed by atoms with Crippen molar-refractivity contribution in [3.63, 3.8) is 0 Å². The predicted octanol–water partition coefficient (Wildman–Crippen LogP) is 5.20. The van der Waals surface area contributed by atoms with E-state index in [2.05, 4.69) is 46.9 Å². The maximum absolute atomic E-state index is 12.5. The third kappa shape index (κ3) is 6.22. The van der Waals surface area contributed by atoms with Crippen molar-refractivity contribution in [2.24, 2.45) is 0 Å². The van der Waals surface area contributed by atoms with Gasteiger partial charge in [-0.2, -0.15) is 0 Å². The van der Waals surface area contributed by atoms with Gasteiger partial charge in [0.2, 0.25) is 5.91 Å². The minimum Gasteiger partial charge on any atom is -0.444 e. The van der Waals surface area contributed by atoms with Gasteiger partial charge in [0, 0.05) is 37.0 Å². The molecule has 0 aliphatic carbocycles. The van der Waals surface area contributed by atoms with Gasteiger partial charge in [-0.3, -0.25) is 4.79 Å². The molecule has 0 N–H and O–H groups in total. The van der Waals surface area contributed by atoms with Crippen LogP contribution < -0.4 is 0 Å². The lowest BCUT2D eigenvalue weighted by molar-refractivity contribution is -0.130. The number of likely N-dealkylation sites (tertiary alicyclic amines) is 1. The van der Waals surface area contributed by atoms with Gasteiger partial charge in [-0.05, 0) is 68.7 Å². The SMILES string of the molecule is CC(C)(C)OC(=O)N1CC=C(c2ccc(CI)cc2CCC(=O)N2CCCC2)CC1. The lowest BCUT2D eigenvalue weighted by Crippen LogP contribution is -2.39.